The Kier molecular flexibility index (Phi) is 4.41. The summed E-state index contributed by atoms with van der Waals surface area (Å²) in [5.41, 5.74) is 4.07. The lowest BCUT2D eigenvalue weighted by Crippen LogP contribution is -2.18. The van der Waals surface area contributed by atoms with Crippen LogP contribution < -0.4 is 0 Å². The Balaban J connectivity index is 1.46. The molecule has 0 atom stereocenters. The largest absolute Gasteiger partial charge is 0.472 e. The molecule has 0 fully saturated rings. The second-order valence-electron chi connectivity index (χ2n) is 6.33. The summed E-state index contributed by atoms with van der Waals surface area (Å²) in [6, 6.07) is 12.1. The van der Waals surface area contributed by atoms with Gasteiger partial charge in [0.25, 0.3) is 0 Å². The summed E-state index contributed by atoms with van der Waals surface area (Å²) in [6.07, 6.45) is 6.98. The molecule has 0 amide bonds. The summed E-state index contributed by atoms with van der Waals surface area (Å²) < 4.78 is 12.7. The molecule has 0 saturated carbocycles. The van der Waals surface area contributed by atoms with Gasteiger partial charge in [-0.15, -0.1) is 0 Å². The SMILES string of the molecule is Cc1oc(-c2ccoc2)nc1CN(C)Cc1cccc(-n2cccn2)c1. The highest BCUT2D eigenvalue weighted by Gasteiger charge is 2.14. The lowest BCUT2D eigenvalue weighted by Gasteiger charge is -2.16. The van der Waals surface area contributed by atoms with Gasteiger partial charge in [0.2, 0.25) is 5.89 Å². The quantitative estimate of drug-likeness (QED) is 0.526. The molecule has 0 aliphatic rings. The number of nitrogens with zero attached hydrogens (tertiary/aromatic N) is 4. The highest BCUT2D eigenvalue weighted by Crippen LogP contribution is 2.23. The van der Waals surface area contributed by atoms with Gasteiger partial charge in [0.05, 0.1) is 23.2 Å². The summed E-state index contributed by atoms with van der Waals surface area (Å²) in [4.78, 5) is 6.82. The Morgan fingerprint density at radius 3 is 2.85 bits per heavy atom. The molecule has 0 aliphatic carbocycles. The van der Waals surface area contributed by atoms with Gasteiger partial charge in [0.1, 0.15) is 12.0 Å². The number of aryl methyl sites for hydroxylation is 1. The van der Waals surface area contributed by atoms with Gasteiger partial charge in [-0.2, -0.15) is 5.10 Å². The molecule has 0 spiro atoms. The van der Waals surface area contributed by atoms with Crippen molar-refractivity contribution in [2.45, 2.75) is 20.0 Å². The minimum atomic E-state index is 0.598. The first-order valence-corrected chi connectivity index (χ1v) is 8.45. The van der Waals surface area contributed by atoms with Gasteiger partial charge in [-0.1, -0.05) is 12.1 Å². The van der Waals surface area contributed by atoms with Crippen LogP contribution in [0.1, 0.15) is 17.0 Å². The van der Waals surface area contributed by atoms with Crippen LogP contribution in [0.2, 0.25) is 0 Å². The molecule has 3 aromatic heterocycles. The van der Waals surface area contributed by atoms with Crippen molar-refractivity contribution in [3.05, 3.63) is 78.3 Å². The molecule has 6 heteroatoms. The van der Waals surface area contributed by atoms with Gasteiger partial charge in [0.15, 0.2) is 0 Å². The molecule has 26 heavy (non-hydrogen) atoms. The molecule has 3 heterocycles. The Morgan fingerprint density at radius 2 is 2.08 bits per heavy atom. The van der Waals surface area contributed by atoms with E-state index in [0.717, 1.165) is 29.2 Å². The van der Waals surface area contributed by atoms with Crippen LogP contribution in [0.4, 0.5) is 0 Å². The average molecular weight is 348 g/mol. The number of benzene rings is 1. The Morgan fingerprint density at radius 1 is 1.15 bits per heavy atom. The number of hydrogen-bond acceptors (Lipinski definition) is 5. The molecule has 0 radical (unpaired) electrons. The van der Waals surface area contributed by atoms with Gasteiger partial charge in [-0.05, 0) is 43.8 Å². The van der Waals surface area contributed by atoms with E-state index in [1.807, 2.05) is 29.9 Å². The van der Waals surface area contributed by atoms with Crippen LogP contribution in [0.25, 0.3) is 17.1 Å². The highest BCUT2D eigenvalue weighted by atomic mass is 16.4. The zero-order valence-electron chi connectivity index (χ0n) is 14.8. The fraction of sp³-hybridized carbons (Fsp3) is 0.200. The molecule has 4 rings (SSSR count). The predicted octanol–water partition coefficient (Wildman–Crippen LogP) is 4.06. The predicted molar refractivity (Wildman–Crippen MR) is 97.7 cm³/mol. The Labute approximate surface area is 151 Å². The molecular formula is C20H20N4O2. The molecule has 4 aromatic rings. The van der Waals surface area contributed by atoms with Crippen LogP contribution >= 0.6 is 0 Å². The van der Waals surface area contributed by atoms with Crippen molar-refractivity contribution < 1.29 is 8.83 Å². The monoisotopic (exact) mass is 348 g/mol. The maximum Gasteiger partial charge on any atom is 0.229 e. The van der Waals surface area contributed by atoms with E-state index in [0.29, 0.717) is 12.4 Å². The van der Waals surface area contributed by atoms with Gasteiger partial charge in [0, 0.05) is 25.5 Å². The summed E-state index contributed by atoms with van der Waals surface area (Å²) in [5.74, 6) is 1.43. The van der Waals surface area contributed by atoms with Crippen molar-refractivity contribution in [3.8, 4) is 17.1 Å². The number of rotatable bonds is 6. The maximum atomic E-state index is 5.77. The van der Waals surface area contributed by atoms with E-state index in [-0.39, 0.29) is 0 Å². The van der Waals surface area contributed by atoms with E-state index in [1.165, 1.54) is 5.56 Å². The number of oxazole rings is 1. The van der Waals surface area contributed by atoms with E-state index in [4.69, 9.17) is 8.83 Å². The molecule has 132 valence electrons. The molecular weight excluding hydrogens is 328 g/mol. The second kappa shape index (κ2) is 7.01. The van der Waals surface area contributed by atoms with Crippen LogP contribution in [0, 0.1) is 6.92 Å². The zero-order valence-corrected chi connectivity index (χ0v) is 14.8. The highest BCUT2D eigenvalue weighted by molar-refractivity contribution is 5.51. The molecule has 0 aliphatic heterocycles. The van der Waals surface area contributed by atoms with Crippen LogP contribution in [-0.4, -0.2) is 26.7 Å². The lowest BCUT2D eigenvalue weighted by molar-refractivity contribution is 0.313. The average Bonchev–Trinajstić information content (AvgIpc) is 3.37. The van der Waals surface area contributed by atoms with E-state index in [2.05, 4.69) is 46.3 Å². The topological polar surface area (TPSA) is 60.2 Å². The fourth-order valence-corrected chi connectivity index (χ4v) is 2.93. The Hall–Kier alpha value is -3.12. The summed E-state index contributed by atoms with van der Waals surface area (Å²) >= 11 is 0. The van der Waals surface area contributed by atoms with Crippen molar-refractivity contribution in [3.63, 3.8) is 0 Å². The second-order valence-corrected chi connectivity index (χ2v) is 6.33. The molecule has 6 nitrogen and oxygen atoms in total. The number of aromatic nitrogens is 3. The van der Waals surface area contributed by atoms with Gasteiger partial charge < -0.3 is 8.83 Å². The minimum Gasteiger partial charge on any atom is -0.472 e. The third-order valence-corrected chi connectivity index (χ3v) is 4.21. The fourth-order valence-electron chi connectivity index (χ4n) is 2.93. The number of furan rings is 1. The summed E-state index contributed by atoms with van der Waals surface area (Å²) in [7, 11) is 2.08. The van der Waals surface area contributed by atoms with E-state index in [1.54, 1.807) is 18.7 Å². The first-order chi connectivity index (χ1) is 12.7. The molecule has 0 saturated heterocycles. The third-order valence-electron chi connectivity index (χ3n) is 4.21. The van der Waals surface area contributed by atoms with E-state index < -0.39 is 0 Å². The van der Waals surface area contributed by atoms with Crippen molar-refractivity contribution >= 4 is 0 Å². The smallest absolute Gasteiger partial charge is 0.229 e. The molecule has 0 unspecified atom stereocenters. The van der Waals surface area contributed by atoms with Crippen molar-refractivity contribution in [1.82, 2.24) is 19.7 Å². The first-order valence-electron chi connectivity index (χ1n) is 8.45. The zero-order chi connectivity index (χ0) is 17.9. The van der Waals surface area contributed by atoms with Crippen LogP contribution in [0.5, 0.6) is 0 Å². The summed E-state index contributed by atoms with van der Waals surface area (Å²) in [6.45, 7) is 3.46. The summed E-state index contributed by atoms with van der Waals surface area (Å²) in [5, 5.41) is 4.29. The molecule has 0 bridgehead atoms. The van der Waals surface area contributed by atoms with Crippen LogP contribution in [0.3, 0.4) is 0 Å². The van der Waals surface area contributed by atoms with Crippen molar-refractivity contribution in [2.75, 3.05) is 7.05 Å². The van der Waals surface area contributed by atoms with Crippen LogP contribution in [0.15, 0.2) is 70.2 Å². The van der Waals surface area contributed by atoms with Gasteiger partial charge in [-0.3, -0.25) is 4.90 Å². The van der Waals surface area contributed by atoms with E-state index in [9.17, 15) is 0 Å². The normalized spacial score (nSPS) is 11.3. The minimum absolute atomic E-state index is 0.598. The lowest BCUT2D eigenvalue weighted by atomic mass is 10.2. The van der Waals surface area contributed by atoms with Gasteiger partial charge >= 0.3 is 0 Å². The number of hydrogen-bond donors (Lipinski definition) is 0. The third kappa shape index (κ3) is 3.45. The van der Waals surface area contributed by atoms with Gasteiger partial charge in [-0.25, -0.2) is 9.67 Å². The van der Waals surface area contributed by atoms with Crippen molar-refractivity contribution in [1.29, 1.82) is 0 Å². The van der Waals surface area contributed by atoms with E-state index >= 15 is 0 Å². The first kappa shape index (κ1) is 16.4. The molecule has 0 N–H and O–H groups in total. The van der Waals surface area contributed by atoms with Crippen molar-refractivity contribution in [2.24, 2.45) is 0 Å². The molecule has 1 aromatic carbocycles. The standard InChI is InChI=1S/C20H20N4O2/c1-15-19(22-20(26-15)17-7-10-25-14-17)13-23(2)12-16-5-3-6-18(11-16)24-9-4-8-21-24/h3-11,14H,12-13H2,1-2H3. The van der Waals surface area contributed by atoms with Crippen LogP contribution in [-0.2, 0) is 13.1 Å². The maximum absolute atomic E-state index is 5.77. The Bertz CT molecular complexity index is 971.